The lowest BCUT2D eigenvalue weighted by Crippen LogP contribution is -2.36. The molecule has 1 aliphatic rings. The van der Waals surface area contributed by atoms with Gasteiger partial charge in [0.05, 0.1) is 19.6 Å². The minimum atomic E-state index is -0.0157. The largest absolute Gasteiger partial charge is 0.465 e. The maximum atomic E-state index is 13.2. The molecule has 0 amide bonds. The molecule has 0 bridgehead atoms. The Balaban J connectivity index is 2.49. The van der Waals surface area contributed by atoms with Crippen molar-refractivity contribution >= 4 is 11.9 Å². The Kier molecular flexibility index (Phi) is 43.1. The standard InChI is InChI=1S/C55H108N2O4/c1-5-9-13-17-20-22-23-25-28-33-41-53(40-32-27-24-21-18-14-10-6-2)51-61-55(59)43-47-57(49-48-56-45-36-37-46-56)44-35-29-34-42-54(58)60-50-52(38-30-16-12-8-4)39-31-26-19-15-11-7-3/h52-53H,5-51H2,1-4H3. The first kappa shape index (κ1) is 57.9. The van der Waals surface area contributed by atoms with Crippen molar-refractivity contribution in [3.05, 3.63) is 0 Å². The zero-order valence-corrected chi connectivity index (χ0v) is 41.9. The van der Waals surface area contributed by atoms with Crippen LogP contribution in [0.1, 0.15) is 278 Å². The predicted molar refractivity (Wildman–Crippen MR) is 265 cm³/mol. The van der Waals surface area contributed by atoms with Gasteiger partial charge in [-0.25, -0.2) is 0 Å². The lowest BCUT2D eigenvalue weighted by atomic mass is 9.94. The van der Waals surface area contributed by atoms with Gasteiger partial charge in [0.2, 0.25) is 0 Å². The zero-order valence-electron chi connectivity index (χ0n) is 41.9. The molecule has 0 aromatic rings. The first-order chi connectivity index (χ1) is 30.0. The number of nitrogens with zero attached hydrogens (tertiary/aromatic N) is 2. The van der Waals surface area contributed by atoms with E-state index in [9.17, 15) is 9.59 Å². The average molecular weight is 861 g/mol. The number of hydrogen-bond acceptors (Lipinski definition) is 6. The molecule has 1 aliphatic heterocycles. The second-order valence-electron chi connectivity index (χ2n) is 19.7. The fourth-order valence-corrected chi connectivity index (χ4v) is 9.40. The number of ether oxygens (including phenoxy) is 2. The van der Waals surface area contributed by atoms with E-state index in [4.69, 9.17) is 9.47 Å². The highest BCUT2D eigenvalue weighted by molar-refractivity contribution is 5.69. The third kappa shape index (κ3) is 39.0. The van der Waals surface area contributed by atoms with Gasteiger partial charge in [-0.05, 0) is 82.8 Å². The summed E-state index contributed by atoms with van der Waals surface area (Å²) < 4.78 is 11.9. The highest BCUT2D eigenvalue weighted by Crippen LogP contribution is 2.22. The van der Waals surface area contributed by atoms with Gasteiger partial charge in [0.15, 0.2) is 0 Å². The molecule has 1 fully saturated rings. The van der Waals surface area contributed by atoms with Crippen molar-refractivity contribution in [1.82, 2.24) is 9.80 Å². The van der Waals surface area contributed by atoms with Crippen molar-refractivity contribution in [2.45, 2.75) is 278 Å². The van der Waals surface area contributed by atoms with E-state index in [1.54, 1.807) is 0 Å². The second-order valence-corrected chi connectivity index (χ2v) is 19.7. The van der Waals surface area contributed by atoms with E-state index in [1.165, 1.54) is 231 Å². The van der Waals surface area contributed by atoms with Crippen LogP contribution in [-0.4, -0.2) is 74.2 Å². The number of hydrogen-bond donors (Lipinski definition) is 0. The van der Waals surface area contributed by atoms with Crippen molar-refractivity contribution in [2.24, 2.45) is 11.8 Å². The van der Waals surface area contributed by atoms with Crippen LogP contribution in [0.3, 0.4) is 0 Å². The lowest BCUT2D eigenvalue weighted by molar-refractivity contribution is -0.146. The smallest absolute Gasteiger partial charge is 0.307 e. The van der Waals surface area contributed by atoms with E-state index in [1.807, 2.05) is 0 Å². The van der Waals surface area contributed by atoms with Crippen LogP contribution in [0.5, 0.6) is 0 Å². The Bertz CT molecular complexity index is 924. The highest BCUT2D eigenvalue weighted by Gasteiger charge is 2.17. The summed E-state index contributed by atoms with van der Waals surface area (Å²) in [5.74, 6) is 1.00. The molecular formula is C55H108N2O4. The quantitative estimate of drug-likeness (QED) is 0.0449. The van der Waals surface area contributed by atoms with Gasteiger partial charge in [0, 0.05) is 26.1 Å². The molecule has 2 unspecified atom stereocenters. The topological polar surface area (TPSA) is 59.1 Å². The molecule has 1 heterocycles. The summed E-state index contributed by atoms with van der Waals surface area (Å²) in [5.41, 5.74) is 0. The first-order valence-electron chi connectivity index (χ1n) is 27.8. The number of carbonyl (C=O) groups is 2. The summed E-state index contributed by atoms with van der Waals surface area (Å²) in [5, 5.41) is 0. The Hall–Kier alpha value is -1.14. The molecule has 2 atom stereocenters. The van der Waals surface area contributed by atoms with Crippen molar-refractivity contribution < 1.29 is 19.1 Å². The molecule has 0 radical (unpaired) electrons. The molecule has 0 saturated carbocycles. The Morgan fingerprint density at radius 1 is 0.410 bits per heavy atom. The fourth-order valence-electron chi connectivity index (χ4n) is 9.40. The zero-order chi connectivity index (χ0) is 44.1. The number of unbranched alkanes of at least 4 members (excludes halogenated alkanes) is 26. The Labute approximate surface area is 382 Å². The van der Waals surface area contributed by atoms with Crippen LogP contribution >= 0.6 is 0 Å². The summed E-state index contributed by atoms with van der Waals surface area (Å²) in [6.45, 7) is 16.6. The van der Waals surface area contributed by atoms with Gasteiger partial charge in [-0.3, -0.25) is 9.59 Å². The maximum Gasteiger partial charge on any atom is 0.307 e. The molecule has 6 heteroatoms. The predicted octanol–water partition coefficient (Wildman–Crippen LogP) is 16.2. The molecule has 1 rings (SSSR count). The molecule has 362 valence electrons. The summed E-state index contributed by atoms with van der Waals surface area (Å²) in [4.78, 5) is 31.1. The SMILES string of the molecule is CCCCCCCCCCCCC(CCCCCCCCCC)COC(=O)CCN(CCCCCC(=O)OCC(CCCCCC)CCCCCCCC)CCN1CCCC1. The van der Waals surface area contributed by atoms with Gasteiger partial charge >= 0.3 is 11.9 Å². The summed E-state index contributed by atoms with van der Waals surface area (Å²) >= 11 is 0. The van der Waals surface area contributed by atoms with Crippen LogP contribution in [0.2, 0.25) is 0 Å². The van der Waals surface area contributed by atoms with Crippen LogP contribution in [-0.2, 0) is 19.1 Å². The van der Waals surface area contributed by atoms with Crippen LogP contribution < -0.4 is 0 Å². The molecule has 0 N–H and O–H groups in total. The van der Waals surface area contributed by atoms with E-state index in [0.717, 1.165) is 45.4 Å². The molecule has 0 spiro atoms. The van der Waals surface area contributed by atoms with E-state index in [2.05, 4.69) is 37.5 Å². The van der Waals surface area contributed by atoms with Gasteiger partial charge in [-0.15, -0.1) is 0 Å². The molecule has 0 aliphatic carbocycles. The minimum Gasteiger partial charge on any atom is -0.465 e. The van der Waals surface area contributed by atoms with Crippen LogP contribution in [0, 0.1) is 11.8 Å². The van der Waals surface area contributed by atoms with Crippen molar-refractivity contribution in [3.63, 3.8) is 0 Å². The normalized spacial score (nSPS) is 14.2. The number of carbonyl (C=O) groups excluding carboxylic acids is 2. The van der Waals surface area contributed by atoms with Gasteiger partial charge in [-0.2, -0.15) is 0 Å². The third-order valence-corrected chi connectivity index (χ3v) is 13.7. The van der Waals surface area contributed by atoms with Gasteiger partial charge in [-0.1, -0.05) is 214 Å². The van der Waals surface area contributed by atoms with Crippen LogP contribution in [0.25, 0.3) is 0 Å². The average Bonchev–Trinajstić information content (AvgIpc) is 3.80. The van der Waals surface area contributed by atoms with Crippen LogP contribution in [0.15, 0.2) is 0 Å². The highest BCUT2D eigenvalue weighted by atomic mass is 16.5. The summed E-state index contributed by atoms with van der Waals surface area (Å²) in [6, 6.07) is 0. The van der Waals surface area contributed by atoms with Crippen molar-refractivity contribution in [2.75, 3.05) is 52.5 Å². The summed E-state index contributed by atoms with van der Waals surface area (Å²) in [7, 11) is 0. The van der Waals surface area contributed by atoms with E-state index >= 15 is 0 Å². The fraction of sp³-hybridized carbons (Fsp3) is 0.964. The molecule has 61 heavy (non-hydrogen) atoms. The minimum absolute atomic E-state index is 0.0102. The Morgan fingerprint density at radius 2 is 0.754 bits per heavy atom. The lowest BCUT2D eigenvalue weighted by Gasteiger charge is -2.25. The van der Waals surface area contributed by atoms with E-state index in [0.29, 0.717) is 37.9 Å². The molecule has 0 aromatic carbocycles. The Morgan fingerprint density at radius 3 is 1.16 bits per heavy atom. The number of rotatable bonds is 48. The molecule has 0 aromatic heterocycles. The van der Waals surface area contributed by atoms with Crippen molar-refractivity contribution in [1.29, 1.82) is 0 Å². The number of esters is 2. The molecular weight excluding hydrogens is 753 g/mol. The van der Waals surface area contributed by atoms with Crippen molar-refractivity contribution in [3.8, 4) is 0 Å². The van der Waals surface area contributed by atoms with Gasteiger partial charge in [0.25, 0.3) is 0 Å². The maximum absolute atomic E-state index is 13.2. The third-order valence-electron chi connectivity index (χ3n) is 13.7. The van der Waals surface area contributed by atoms with E-state index < -0.39 is 0 Å². The van der Waals surface area contributed by atoms with E-state index in [-0.39, 0.29) is 11.9 Å². The van der Waals surface area contributed by atoms with Gasteiger partial charge < -0.3 is 19.3 Å². The number of likely N-dealkylation sites (tertiary alicyclic amines) is 1. The molecule has 6 nitrogen and oxygen atoms in total. The van der Waals surface area contributed by atoms with Crippen LogP contribution in [0.4, 0.5) is 0 Å². The summed E-state index contributed by atoms with van der Waals surface area (Å²) in [6.07, 6.45) is 48.9. The molecule has 1 saturated heterocycles. The second kappa shape index (κ2) is 45.4. The van der Waals surface area contributed by atoms with Gasteiger partial charge in [0.1, 0.15) is 0 Å². The monoisotopic (exact) mass is 861 g/mol. The first-order valence-corrected chi connectivity index (χ1v) is 27.8.